The highest BCUT2D eigenvalue weighted by atomic mass is 14.7. The number of fused-ring (bicyclic) bond motifs is 1. The third-order valence-electron chi connectivity index (χ3n) is 2.59. The first kappa shape index (κ1) is 7.66. The molecule has 1 aromatic heterocycles. The summed E-state index contributed by atoms with van der Waals surface area (Å²) in [5.74, 6) is 0.695. The number of hydrogen-bond acceptors (Lipinski definition) is 0. The van der Waals surface area contributed by atoms with Crippen LogP contribution in [0.1, 0.15) is 30.7 Å². The normalized spacial score (nSPS) is 21.0. The van der Waals surface area contributed by atoms with Gasteiger partial charge >= 0.3 is 0 Å². The zero-order chi connectivity index (χ0) is 8.55. The summed E-state index contributed by atoms with van der Waals surface area (Å²) in [7, 11) is 0. The molecule has 0 fully saturated rings. The molecule has 1 heteroatoms. The van der Waals surface area contributed by atoms with Crippen molar-refractivity contribution in [1.29, 1.82) is 0 Å². The standard InChI is InChI=1S/C11H15N/c1-3-9-7-12-11-6-8(2)4-5-10(9)11/h4-5,7-8,12H,3,6H2,1-2H3. The third-order valence-corrected chi connectivity index (χ3v) is 2.59. The van der Waals surface area contributed by atoms with Gasteiger partial charge in [-0.25, -0.2) is 0 Å². The van der Waals surface area contributed by atoms with Crippen LogP contribution in [-0.2, 0) is 12.8 Å². The lowest BCUT2D eigenvalue weighted by molar-refractivity contribution is 0.704. The van der Waals surface area contributed by atoms with Gasteiger partial charge in [-0.1, -0.05) is 26.0 Å². The Bertz CT molecular complexity index is 307. The number of aromatic nitrogens is 1. The first-order valence-electron chi connectivity index (χ1n) is 4.68. The Kier molecular flexibility index (Phi) is 1.80. The van der Waals surface area contributed by atoms with Gasteiger partial charge in [-0.15, -0.1) is 0 Å². The van der Waals surface area contributed by atoms with Crippen molar-refractivity contribution < 1.29 is 0 Å². The summed E-state index contributed by atoms with van der Waals surface area (Å²) < 4.78 is 0. The average molecular weight is 161 g/mol. The van der Waals surface area contributed by atoms with Crippen LogP contribution in [0.2, 0.25) is 0 Å². The Balaban J connectivity index is 2.42. The van der Waals surface area contributed by atoms with E-state index in [1.54, 1.807) is 0 Å². The van der Waals surface area contributed by atoms with E-state index >= 15 is 0 Å². The van der Waals surface area contributed by atoms with Crippen molar-refractivity contribution >= 4 is 6.08 Å². The molecule has 2 rings (SSSR count). The van der Waals surface area contributed by atoms with Gasteiger partial charge in [0.15, 0.2) is 0 Å². The highest BCUT2D eigenvalue weighted by Gasteiger charge is 2.13. The highest BCUT2D eigenvalue weighted by molar-refractivity contribution is 5.59. The van der Waals surface area contributed by atoms with Gasteiger partial charge in [-0.2, -0.15) is 0 Å². The van der Waals surface area contributed by atoms with Crippen molar-refractivity contribution in [3.63, 3.8) is 0 Å². The first-order chi connectivity index (χ1) is 5.81. The predicted octanol–water partition coefficient (Wildman–Crippen LogP) is 2.78. The second kappa shape index (κ2) is 2.81. The zero-order valence-electron chi connectivity index (χ0n) is 7.72. The molecule has 1 heterocycles. The molecule has 1 nitrogen and oxygen atoms in total. The summed E-state index contributed by atoms with van der Waals surface area (Å²) in [6, 6.07) is 0. The van der Waals surface area contributed by atoms with E-state index in [0.717, 1.165) is 6.42 Å². The molecule has 0 amide bonds. The number of H-pyrrole nitrogens is 1. The third kappa shape index (κ3) is 1.09. The molecular formula is C11H15N. The molecule has 0 saturated carbocycles. The molecule has 0 spiro atoms. The summed E-state index contributed by atoms with van der Waals surface area (Å²) in [5, 5.41) is 0. The molecular weight excluding hydrogens is 146 g/mol. The van der Waals surface area contributed by atoms with Crippen LogP contribution in [0.15, 0.2) is 12.3 Å². The molecule has 0 aliphatic heterocycles. The highest BCUT2D eigenvalue weighted by Crippen LogP contribution is 2.25. The van der Waals surface area contributed by atoms with Crippen molar-refractivity contribution in [2.75, 3.05) is 0 Å². The van der Waals surface area contributed by atoms with Gasteiger partial charge in [-0.05, 0) is 29.9 Å². The van der Waals surface area contributed by atoms with Crippen molar-refractivity contribution in [3.8, 4) is 0 Å². The van der Waals surface area contributed by atoms with Gasteiger partial charge in [0.2, 0.25) is 0 Å². The second-order valence-electron chi connectivity index (χ2n) is 3.60. The maximum atomic E-state index is 3.36. The summed E-state index contributed by atoms with van der Waals surface area (Å²) in [5.41, 5.74) is 4.31. The monoisotopic (exact) mass is 161 g/mol. The van der Waals surface area contributed by atoms with E-state index in [0.29, 0.717) is 5.92 Å². The Labute approximate surface area is 73.5 Å². The quantitative estimate of drug-likeness (QED) is 0.652. The molecule has 1 aromatic rings. The SMILES string of the molecule is CCc1c[nH]c2c1C=CC(C)C2. The number of nitrogens with one attached hydrogen (secondary N) is 1. The number of rotatable bonds is 1. The topological polar surface area (TPSA) is 15.8 Å². The number of aryl methyl sites for hydroxylation is 1. The molecule has 1 atom stereocenters. The lowest BCUT2D eigenvalue weighted by atomic mass is 9.94. The summed E-state index contributed by atoms with van der Waals surface area (Å²) >= 11 is 0. The summed E-state index contributed by atoms with van der Waals surface area (Å²) in [6.45, 7) is 4.46. The minimum Gasteiger partial charge on any atom is -0.364 e. The fourth-order valence-electron chi connectivity index (χ4n) is 1.84. The van der Waals surface area contributed by atoms with Crippen LogP contribution in [0.25, 0.3) is 6.08 Å². The smallest absolute Gasteiger partial charge is 0.0229 e. The fourth-order valence-corrected chi connectivity index (χ4v) is 1.84. The van der Waals surface area contributed by atoms with Gasteiger partial charge in [0.25, 0.3) is 0 Å². The summed E-state index contributed by atoms with van der Waals surface area (Å²) in [6.07, 6.45) is 9.01. The van der Waals surface area contributed by atoms with Crippen LogP contribution in [0, 0.1) is 5.92 Å². The van der Waals surface area contributed by atoms with Crippen LogP contribution in [0.4, 0.5) is 0 Å². The Hall–Kier alpha value is -0.980. The van der Waals surface area contributed by atoms with Crippen molar-refractivity contribution in [1.82, 2.24) is 4.98 Å². The van der Waals surface area contributed by atoms with Crippen LogP contribution in [0.5, 0.6) is 0 Å². The molecule has 0 bridgehead atoms. The average Bonchev–Trinajstić information content (AvgIpc) is 2.46. The maximum absolute atomic E-state index is 3.36. The summed E-state index contributed by atoms with van der Waals surface area (Å²) in [4.78, 5) is 3.36. The largest absolute Gasteiger partial charge is 0.364 e. The first-order valence-corrected chi connectivity index (χ1v) is 4.68. The van der Waals surface area contributed by atoms with Crippen molar-refractivity contribution in [2.24, 2.45) is 5.92 Å². The molecule has 64 valence electrons. The van der Waals surface area contributed by atoms with Crippen LogP contribution >= 0.6 is 0 Å². The van der Waals surface area contributed by atoms with E-state index in [-0.39, 0.29) is 0 Å². The second-order valence-corrected chi connectivity index (χ2v) is 3.60. The Morgan fingerprint density at radius 1 is 1.58 bits per heavy atom. The van der Waals surface area contributed by atoms with Crippen molar-refractivity contribution in [2.45, 2.75) is 26.7 Å². The Morgan fingerprint density at radius 3 is 3.17 bits per heavy atom. The number of allylic oxidation sites excluding steroid dienone is 1. The molecule has 1 N–H and O–H groups in total. The number of hydrogen-bond donors (Lipinski definition) is 1. The minimum absolute atomic E-state index is 0.695. The van der Waals surface area contributed by atoms with E-state index in [4.69, 9.17) is 0 Å². The van der Waals surface area contributed by atoms with E-state index in [9.17, 15) is 0 Å². The molecule has 1 unspecified atom stereocenters. The molecule has 1 aliphatic rings. The van der Waals surface area contributed by atoms with E-state index in [1.165, 1.54) is 23.2 Å². The van der Waals surface area contributed by atoms with Crippen LogP contribution in [0.3, 0.4) is 0 Å². The minimum atomic E-state index is 0.695. The zero-order valence-corrected chi connectivity index (χ0v) is 7.72. The lowest BCUT2D eigenvalue weighted by Gasteiger charge is -2.12. The lowest BCUT2D eigenvalue weighted by Crippen LogP contribution is -2.02. The van der Waals surface area contributed by atoms with Gasteiger partial charge in [-0.3, -0.25) is 0 Å². The Morgan fingerprint density at radius 2 is 2.42 bits per heavy atom. The van der Waals surface area contributed by atoms with Gasteiger partial charge < -0.3 is 4.98 Å². The van der Waals surface area contributed by atoms with Gasteiger partial charge in [0.05, 0.1) is 0 Å². The maximum Gasteiger partial charge on any atom is 0.0229 e. The molecule has 0 saturated heterocycles. The van der Waals surface area contributed by atoms with Crippen LogP contribution < -0.4 is 0 Å². The fraction of sp³-hybridized carbons (Fsp3) is 0.455. The van der Waals surface area contributed by atoms with E-state index in [1.807, 2.05) is 0 Å². The molecule has 12 heavy (non-hydrogen) atoms. The molecule has 1 aliphatic carbocycles. The van der Waals surface area contributed by atoms with Gasteiger partial charge in [0, 0.05) is 11.9 Å². The van der Waals surface area contributed by atoms with Crippen LogP contribution in [-0.4, -0.2) is 4.98 Å². The molecule has 0 radical (unpaired) electrons. The number of aromatic amines is 1. The van der Waals surface area contributed by atoms with E-state index in [2.05, 4.69) is 37.2 Å². The predicted molar refractivity (Wildman–Crippen MR) is 52.1 cm³/mol. The van der Waals surface area contributed by atoms with Gasteiger partial charge in [0.1, 0.15) is 0 Å². The van der Waals surface area contributed by atoms with Crippen molar-refractivity contribution in [3.05, 3.63) is 29.1 Å². The van der Waals surface area contributed by atoms with E-state index < -0.39 is 0 Å². The molecule has 0 aromatic carbocycles.